The average molecular weight is 192 g/mol. The maximum absolute atomic E-state index is 3.68. The lowest BCUT2D eigenvalue weighted by Gasteiger charge is -1.96. The number of rotatable bonds is 9. The van der Waals surface area contributed by atoms with E-state index in [0.29, 0.717) is 0 Å². The van der Waals surface area contributed by atoms with E-state index in [2.05, 4.69) is 37.8 Å². The monoisotopic (exact) mass is 192 g/mol. The molecule has 0 rings (SSSR count). The minimum absolute atomic E-state index is 1.02. The minimum atomic E-state index is 1.02. The minimum Gasteiger partial charge on any atom is -0.103 e. The number of hydrogen-bond donors (Lipinski definition) is 0. The quantitative estimate of drug-likeness (QED) is 0.355. The van der Waals surface area contributed by atoms with Crippen LogP contribution in [0.5, 0.6) is 0 Å². The Morgan fingerprint density at radius 1 is 0.857 bits per heavy atom. The fourth-order valence-corrected chi connectivity index (χ4v) is 1.35. The summed E-state index contributed by atoms with van der Waals surface area (Å²) in [5, 5.41) is 0. The number of unbranched alkanes of at least 4 members (excludes halogenated alkanes) is 5. The highest BCUT2D eigenvalue weighted by atomic mass is 13.9. The summed E-state index contributed by atoms with van der Waals surface area (Å²) in [5.41, 5.74) is 0. The molecule has 0 amide bonds. The van der Waals surface area contributed by atoms with Gasteiger partial charge in [-0.25, -0.2) is 0 Å². The molecule has 0 heteroatoms. The van der Waals surface area contributed by atoms with Crippen molar-refractivity contribution < 1.29 is 0 Å². The molecule has 0 saturated heterocycles. The summed E-state index contributed by atoms with van der Waals surface area (Å²) in [7, 11) is 0. The molecular weight excluding hydrogens is 168 g/mol. The highest BCUT2D eigenvalue weighted by molar-refractivity contribution is 4.88. The molecule has 0 nitrogen and oxygen atoms in total. The maximum Gasteiger partial charge on any atom is -0.0172 e. The first-order valence-electron chi connectivity index (χ1n) is 5.79. The third-order valence-electron chi connectivity index (χ3n) is 2.20. The van der Waals surface area contributed by atoms with Gasteiger partial charge in [-0.15, -0.1) is 6.58 Å². The summed E-state index contributed by atoms with van der Waals surface area (Å²) in [6, 6.07) is 0. The molecule has 0 fully saturated rings. The Bertz CT molecular complexity index is 163. The molecule has 14 heavy (non-hydrogen) atoms. The van der Waals surface area contributed by atoms with Gasteiger partial charge in [0.2, 0.25) is 0 Å². The lowest BCUT2D eigenvalue weighted by molar-refractivity contribution is 0.652. The van der Waals surface area contributed by atoms with E-state index in [1.54, 1.807) is 0 Å². The fourth-order valence-electron chi connectivity index (χ4n) is 1.35. The molecule has 0 aliphatic carbocycles. The van der Waals surface area contributed by atoms with Crippen LogP contribution in [-0.4, -0.2) is 0 Å². The van der Waals surface area contributed by atoms with Crippen LogP contribution in [-0.2, 0) is 0 Å². The van der Waals surface area contributed by atoms with Crippen molar-refractivity contribution in [1.82, 2.24) is 0 Å². The van der Waals surface area contributed by atoms with Crippen LogP contribution in [0.3, 0.4) is 0 Å². The van der Waals surface area contributed by atoms with E-state index in [4.69, 9.17) is 0 Å². The zero-order valence-corrected chi connectivity index (χ0v) is 9.54. The third-order valence-corrected chi connectivity index (χ3v) is 2.20. The molecule has 0 spiro atoms. The van der Waals surface area contributed by atoms with E-state index in [-0.39, 0.29) is 0 Å². The van der Waals surface area contributed by atoms with Crippen LogP contribution in [0.4, 0.5) is 0 Å². The smallest absolute Gasteiger partial charge is 0.0172 e. The van der Waals surface area contributed by atoms with Crippen LogP contribution >= 0.6 is 0 Å². The summed E-state index contributed by atoms with van der Waals surface area (Å²) >= 11 is 0. The summed E-state index contributed by atoms with van der Waals surface area (Å²) in [6.07, 6.45) is 19.7. The second-order valence-corrected chi connectivity index (χ2v) is 3.56. The van der Waals surface area contributed by atoms with Gasteiger partial charge in [-0.1, -0.05) is 43.2 Å². The van der Waals surface area contributed by atoms with Crippen LogP contribution in [0.15, 0.2) is 37.0 Å². The van der Waals surface area contributed by atoms with Crippen LogP contribution in [0, 0.1) is 0 Å². The average Bonchev–Trinajstić information content (AvgIpc) is 2.21. The van der Waals surface area contributed by atoms with E-state index in [1.165, 1.54) is 38.5 Å². The Labute approximate surface area is 89.4 Å². The zero-order chi connectivity index (χ0) is 10.5. The molecule has 0 N–H and O–H groups in total. The van der Waals surface area contributed by atoms with Crippen molar-refractivity contribution in [3.63, 3.8) is 0 Å². The highest BCUT2D eigenvalue weighted by Gasteiger charge is 1.86. The van der Waals surface area contributed by atoms with Gasteiger partial charge in [-0.05, 0) is 39.0 Å². The predicted molar refractivity (Wildman–Crippen MR) is 66.5 cm³/mol. The van der Waals surface area contributed by atoms with Crippen LogP contribution in [0.2, 0.25) is 0 Å². The molecule has 0 aliphatic rings. The Kier molecular flexibility index (Phi) is 11.5. The Hall–Kier alpha value is -0.780. The largest absolute Gasteiger partial charge is 0.103 e. The first-order chi connectivity index (χ1) is 6.91. The topological polar surface area (TPSA) is 0 Å². The van der Waals surface area contributed by atoms with Crippen LogP contribution in [0.25, 0.3) is 0 Å². The standard InChI is InChI=1S/C14H24/c1-3-5-7-9-11-13-14-12-10-8-6-4-2/h3-4,6-7,9H,1,5,8,10-14H2,2H3. The van der Waals surface area contributed by atoms with Gasteiger partial charge in [-0.3, -0.25) is 0 Å². The predicted octanol–water partition coefficient (Wildman–Crippen LogP) is 5.04. The van der Waals surface area contributed by atoms with Crippen LogP contribution in [0.1, 0.15) is 51.9 Å². The molecule has 0 aromatic carbocycles. The van der Waals surface area contributed by atoms with E-state index in [9.17, 15) is 0 Å². The van der Waals surface area contributed by atoms with Gasteiger partial charge in [0.15, 0.2) is 0 Å². The Morgan fingerprint density at radius 2 is 1.50 bits per heavy atom. The molecule has 80 valence electrons. The lowest BCUT2D eigenvalue weighted by Crippen LogP contribution is -1.76. The first-order valence-corrected chi connectivity index (χ1v) is 5.79. The molecule has 0 atom stereocenters. The van der Waals surface area contributed by atoms with Crippen molar-refractivity contribution in [3.8, 4) is 0 Å². The van der Waals surface area contributed by atoms with Gasteiger partial charge in [0.25, 0.3) is 0 Å². The molecule has 0 bridgehead atoms. The normalized spacial score (nSPS) is 11.5. The number of hydrogen-bond acceptors (Lipinski definition) is 0. The molecular formula is C14H24. The van der Waals surface area contributed by atoms with Gasteiger partial charge in [0.05, 0.1) is 0 Å². The van der Waals surface area contributed by atoms with Gasteiger partial charge in [-0.2, -0.15) is 0 Å². The van der Waals surface area contributed by atoms with E-state index >= 15 is 0 Å². The van der Waals surface area contributed by atoms with Crippen molar-refractivity contribution >= 4 is 0 Å². The van der Waals surface area contributed by atoms with Crippen LogP contribution < -0.4 is 0 Å². The SMILES string of the molecule is C=CCC=CCCCCCCC=CC. The molecule has 0 heterocycles. The molecule has 0 aromatic heterocycles. The van der Waals surface area contributed by atoms with Crippen molar-refractivity contribution in [2.75, 3.05) is 0 Å². The van der Waals surface area contributed by atoms with Gasteiger partial charge >= 0.3 is 0 Å². The van der Waals surface area contributed by atoms with E-state index in [1.807, 2.05) is 6.08 Å². The van der Waals surface area contributed by atoms with E-state index < -0.39 is 0 Å². The molecule has 0 aromatic rings. The van der Waals surface area contributed by atoms with Crippen molar-refractivity contribution in [1.29, 1.82) is 0 Å². The molecule has 0 saturated carbocycles. The first kappa shape index (κ1) is 13.2. The van der Waals surface area contributed by atoms with Crippen molar-refractivity contribution in [2.24, 2.45) is 0 Å². The zero-order valence-electron chi connectivity index (χ0n) is 9.54. The van der Waals surface area contributed by atoms with Gasteiger partial charge in [0.1, 0.15) is 0 Å². The fraction of sp³-hybridized carbons (Fsp3) is 0.571. The Balaban J connectivity index is 3.02. The van der Waals surface area contributed by atoms with Gasteiger partial charge in [0, 0.05) is 0 Å². The molecule has 0 radical (unpaired) electrons. The van der Waals surface area contributed by atoms with Crippen molar-refractivity contribution in [2.45, 2.75) is 51.9 Å². The third kappa shape index (κ3) is 11.2. The van der Waals surface area contributed by atoms with Crippen molar-refractivity contribution in [3.05, 3.63) is 37.0 Å². The lowest BCUT2D eigenvalue weighted by atomic mass is 10.1. The van der Waals surface area contributed by atoms with Gasteiger partial charge < -0.3 is 0 Å². The second-order valence-electron chi connectivity index (χ2n) is 3.56. The Morgan fingerprint density at radius 3 is 2.07 bits per heavy atom. The number of allylic oxidation sites excluding steroid dienone is 5. The summed E-state index contributed by atoms with van der Waals surface area (Å²) in [6.45, 7) is 5.77. The maximum atomic E-state index is 3.68. The highest BCUT2D eigenvalue weighted by Crippen LogP contribution is 2.06. The summed E-state index contributed by atoms with van der Waals surface area (Å²) in [5.74, 6) is 0. The summed E-state index contributed by atoms with van der Waals surface area (Å²) in [4.78, 5) is 0. The molecule has 0 unspecified atom stereocenters. The summed E-state index contributed by atoms with van der Waals surface area (Å²) < 4.78 is 0. The van der Waals surface area contributed by atoms with E-state index in [0.717, 1.165) is 6.42 Å². The second kappa shape index (κ2) is 12.2. The molecule has 0 aliphatic heterocycles.